The third-order valence-corrected chi connectivity index (χ3v) is 4.44. The van der Waals surface area contributed by atoms with Gasteiger partial charge in [-0.25, -0.2) is 0 Å². The van der Waals surface area contributed by atoms with E-state index in [1.807, 2.05) is 0 Å². The van der Waals surface area contributed by atoms with Crippen molar-refractivity contribution in [1.29, 1.82) is 0 Å². The van der Waals surface area contributed by atoms with Gasteiger partial charge in [-0.1, -0.05) is 27.2 Å². The lowest BCUT2D eigenvalue weighted by atomic mass is 9.92. The van der Waals surface area contributed by atoms with Crippen molar-refractivity contribution in [1.82, 2.24) is 14.5 Å². The van der Waals surface area contributed by atoms with E-state index in [0.29, 0.717) is 6.04 Å². The normalized spacial score (nSPS) is 19.6. The summed E-state index contributed by atoms with van der Waals surface area (Å²) >= 11 is 5.45. The smallest absolute Gasteiger partial charge is 0.177 e. The van der Waals surface area contributed by atoms with Gasteiger partial charge >= 0.3 is 0 Å². The Morgan fingerprint density at radius 1 is 1.26 bits per heavy atom. The van der Waals surface area contributed by atoms with Crippen molar-refractivity contribution in [3.63, 3.8) is 0 Å². The Morgan fingerprint density at radius 3 is 2.47 bits per heavy atom. The monoisotopic (exact) mass is 281 g/mol. The van der Waals surface area contributed by atoms with Gasteiger partial charge in [-0.3, -0.25) is 4.90 Å². The number of piperidine rings is 1. The fourth-order valence-corrected chi connectivity index (χ4v) is 3.17. The summed E-state index contributed by atoms with van der Waals surface area (Å²) in [6.07, 6.45) is 6.15. The molecular weight excluding hydrogens is 254 g/mol. The van der Waals surface area contributed by atoms with Crippen LogP contribution in [0.3, 0.4) is 0 Å². The van der Waals surface area contributed by atoms with E-state index in [9.17, 15) is 0 Å². The first-order valence-corrected chi connectivity index (χ1v) is 7.83. The van der Waals surface area contributed by atoms with Gasteiger partial charge < -0.3 is 9.55 Å². The first-order valence-electron chi connectivity index (χ1n) is 7.42. The molecule has 2 heterocycles. The second-order valence-electron chi connectivity index (χ2n) is 6.79. The van der Waals surface area contributed by atoms with Crippen LogP contribution in [-0.2, 0) is 12.0 Å². The number of aromatic nitrogens is 2. The number of nitrogens with one attached hydrogen (secondary N) is 1. The quantitative estimate of drug-likeness (QED) is 0.854. The van der Waals surface area contributed by atoms with E-state index >= 15 is 0 Å². The predicted octanol–water partition coefficient (Wildman–Crippen LogP) is 3.72. The Kier molecular flexibility index (Phi) is 4.51. The number of imidazole rings is 1. The minimum absolute atomic E-state index is 0.134. The zero-order valence-corrected chi connectivity index (χ0v) is 13.5. The van der Waals surface area contributed by atoms with Crippen LogP contribution in [0.2, 0.25) is 0 Å². The van der Waals surface area contributed by atoms with Crippen LogP contribution < -0.4 is 0 Å². The molecule has 0 amide bonds. The molecule has 108 valence electrons. The molecule has 0 radical (unpaired) electrons. The minimum Gasteiger partial charge on any atom is -0.337 e. The van der Waals surface area contributed by atoms with Crippen molar-refractivity contribution < 1.29 is 0 Å². The summed E-state index contributed by atoms with van der Waals surface area (Å²) in [5.74, 6) is 0. The van der Waals surface area contributed by atoms with Gasteiger partial charge in [-0.2, -0.15) is 0 Å². The highest BCUT2D eigenvalue weighted by Crippen LogP contribution is 2.23. The maximum Gasteiger partial charge on any atom is 0.177 e. The number of nitrogens with zero attached hydrogens (tertiary/aromatic N) is 2. The SMILES string of the molecule is CC(Cn1c(C(C)(C)C)c[nH]c1=S)N1CCCCC1. The highest BCUT2D eigenvalue weighted by atomic mass is 32.1. The summed E-state index contributed by atoms with van der Waals surface area (Å²) in [4.78, 5) is 5.81. The van der Waals surface area contributed by atoms with E-state index in [1.54, 1.807) is 0 Å². The van der Waals surface area contributed by atoms with Gasteiger partial charge in [0.25, 0.3) is 0 Å². The average Bonchev–Trinajstić information content (AvgIpc) is 2.72. The van der Waals surface area contributed by atoms with E-state index in [4.69, 9.17) is 12.2 Å². The molecule has 1 aliphatic rings. The summed E-state index contributed by atoms with van der Waals surface area (Å²) < 4.78 is 3.14. The van der Waals surface area contributed by atoms with Crippen molar-refractivity contribution in [3.8, 4) is 0 Å². The van der Waals surface area contributed by atoms with Crippen molar-refractivity contribution in [3.05, 3.63) is 16.7 Å². The minimum atomic E-state index is 0.134. The van der Waals surface area contributed by atoms with Crippen LogP contribution >= 0.6 is 12.2 Å². The molecule has 0 saturated carbocycles. The Morgan fingerprint density at radius 2 is 1.89 bits per heavy atom. The lowest BCUT2D eigenvalue weighted by Crippen LogP contribution is -2.40. The summed E-state index contributed by atoms with van der Waals surface area (Å²) in [7, 11) is 0. The Balaban J connectivity index is 2.14. The fraction of sp³-hybridized carbons (Fsp3) is 0.800. The number of H-pyrrole nitrogens is 1. The summed E-state index contributed by atoms with van der Waals surface area (Å²) in [6.45, 7) is 12.5. The predicted molar refractivity (Wildman–Crippen MR) is 83.2 cm³/mol. The fourth-order valence-electron chi connectivity index (χ4n) is 2.94. The van der Waals surface area contributed by atoms with Crippen molar-refractivity contribution in [2.24, 2.45) is 0 Å². The molecule has 1 unspecified atom stereocenters. The highest BCUT2D eigenvalue weighted by molar-refractivity contribution is 7.71. The number of hydrogen-bond donors (Lipinski definition) is 1. The highest BCUT2D eigenvalue weighted by Gasteiger charge is 2.22. The van der Waals surface area contributed by atoms with Gasteiger partial charge in [-0.15, -0.1) is 0 Å². The topological polar surface area (TPSA) is 24.0 Å². The molecule has 0 aliphatic carbocycles. The van der Waals surface area contributed by atoms with Gasteiger partial charge in [0.1, 0.15) is 0 Å². The van der Waals surface area contributed by atoms with Crippen LogP contribution in [0.25, 0.3) is 0 Å². The van der Waals surface area contributed by atoms with E-state index in [1.165, 1.54) is 38.0 Å². The van der Waals surface area contributed by atoms with E-state index in [0.717, 1.165) is 11.3 Å². The van der Waals surface area contributed by atoms with E-state index < -0.39 is 0 Å². The largest absolute Gasteiger partial charge is 0.337 e. The molecule has 4 heteroatoms. The van der Waals surface area contributed by atoms with Crippen LogP contribution in [0.1, 0.15) is 52.7 Å². The molecule has 0 bridgehead atoms. The van der Waals surface area contributed by atoms with Crippen LogP contribution in [0.4, 0.5) is 0 Å². The van der Waals surface area contributed by atoms with Crippen LogP contribution in [0, 0.1) is 4.77 Å². The maximum atomic E-state index is 5.45. The molecule has 19 heavy (non-hydrogen) atoms. The molecule has 1 aromatic rings. The lowest BCUT2D eigenvalue weighted by Gasteiger charge is -2.33. The van der Waals surface area contributed by atoms with Crippen LogP contribution in [-0.4, -0.2) is 33.6 Å². The molecule has 1 aromatic heterocycles. The standard InChI is InChI=1S/C15H27N3S/c1-12(17-8-6-5-7-9-17)11-18-13(15(2,3)4)10-16-14(18)19/h10,12H,5-9,11H2,1-4H3,(H,16,19). The molecule has 2 rings (SSSR count). The third-order valence-electron chi connectivity index (χ3n) is 4.10. The number of rotatable bonds is 3. The van der Waals surface area contributed by atoms with Crippen molar-refractivity contribution in [2.45, 2.75) is 65.0 Å². The average molecular weight is 281 g/mol. The summed E-state index contributed by atoms with van der Waals surface area (Å²) in [6, 6.07) is 0.559. The van der Waals surface area contributed by atoms with Crippen LogP contribution in [0.5, 0.6) is 0 Å². The number of likely N-dealkylation sites (tertiary alicyclic amines) is 1. The van der Waals surface area contributed by atoms with Gasteiger partial charge in [0.15, 0.2) is 4.77 Å². The zero-order chi connectivity index (χ0) is 14.0. The molecule has 3 nitrogen and oxygen atoms in total. The molecule has 1 fully saturated rings. The molecule has 1 saturated heterocycles. The first kappa shape index (κ1) is 14.8. The molecule has 0 aromatic carbocycles. The van der Waals surface area contributed by atoms with Crippen molar-refractivity contribution in [2.75, 3.05) is 13.1 Å². The maximum absolute atomic E-state index is 5.45. The molecular formula is C15H27N3S. The molecule has 0 spiro atoms. The van der Waals surface area contributed by atoms with Gasteiger partial charge in [0, 0.05) is 29.9 Å². The molecule has 1 aliphatic heterocycles. The lowest BCUT2D eigenvalue weighted by molar-refractivity contribution is 0.158. The Hall–Kier alpha value is -0.610. The Labute approximate surface area is 122 Å². The third kappa shape index (κ3) is 3.48. The molecule has 1 atom stereocenters. The number of aromatic amines is 1. The van der Waals surface area contributed by atoms with Gasteiger partial charge in [-0.05, 0) is 45.1 Å². The second kappa shape index (κ2) is 5.80. The number of hydrogen-bond acceptors (Lipinski definition) is 2. The van der Waals surface area contributed by atoms with Gasteiger partial charge in [0.2, 0.25) is 0 Å². The zero-order valence-electron chi connectivity index (χ0n) is 12.7. The summed E-state index contributed by atoms with van der Waals surface area (Å²) in [5, 5.41) is 0. The van der Waals surface area contributed by atoms with Crippen LogP contribution in [0.15, 0.2) is 6.20 Å². The van der Waals surface area contributed by atoms with Crippen molar-refractivity contribution >= 4 is 12.2 Å². The van der Waals surface area contributed by atoms with Gasteiger partial charge in [0.05, 0.1) is 0 Å². The second-order valence-corrected chi connectivity index (χ2v) is 7.17. The first-order chi connectivity index (χ1) is 8.89. The summed E-state index contributed by atoms with van der Waals surface area (Å²) in [5.41, 5.74) is 1.44. The Bertz CT molecular complexity index is 460. The van der Waals surface area contributed by atoms with E-state index in [2.05, 4.69) is 48.3 Å². The van der Waals surface area contributed by atoms with E-state index in [-0.39, 0.29) is 5.41 Å². The molecule has 1 N–H and O–H groups in total.